The minimum Gasteiger partial charge on any atom is -0.379 e. The lowest BCUT2D eigenvalue weighted by atomic mass is 9.99. The Hall–Kier alpha value is 0.440. The van der Waals surface area contributed by atoms with E-state index in [9.17, 15) is 5.11 Å². The fourth-order valence-electron chi connectivity index (χ4n) is 1.45. The van der Waals surface area contributed by atoms with E-state index < -0.39 is 4.51 Å². The van der Waals surface area contributed by atoms with Crippen LogP contribution in [0.3, 0.4) is 0 Å². The Morgan fingerprint density at radius 3 is 1.80 bits per heavy atom. The zero-order valence-electron chi connectivity index (χ0n) is 6.27. The molecule has 0 aliphatic heterocycles. The molecule has 1 aliphatic rings. The molecule has 0 unspecified atom stereocenters. The van der Waals surface area contributed by atoms with E-state index in [1.165, 1.54) is 32.1 Å². The van der Waals surface area contributed by atoms with Crippen LogP contribution in [-0.4, -0.2) is 9.62 Å². The molecule has 0 atom stereocenters. The van der Waals surface area contributed by atoms with E-state index in [1.54, 1.807) is 0 Å². The van der Waals surface area contributed by atoms with E-state index >= 15 is 0 Å². The molecule has 0 aromatic rings. The molecule has 1 rings (SSSR count). The number of rotatable bonds is 0. The van der Waals surface area contributed by atoms with Crippen LogP contribution in [0.1, 0.15) is 44.9 Å². The molecule has 0 heterocycles. The normalized spacial score (nSPS) is 27.0. The van der Waals surface area contributed by atoms with Crippen LogP contribution in [-0.2, 0) is 0 Å². The summed E-state index contributed by atoms with van der Waals surface area (Å²) < 4.78 is -0.534. The van der Waals surface area contributed by atoms with Crippen LogP contribution in [0.2, 0.25) is 0 Å². The smallest absolute Gasteiger partial charge is 0.119 e. The second-order valence-corrected chi connectivity index (χ2v) is 4.66. The monoisotopic (exact) mass is 206 g/mol. The van der Waals surface area contributed by atoms with Gasteiger partial charge in [-0.2, -0.15) is 0 Å². The highest BCUT2D eigenvalue weighted by atomic mass is 79.9. The van der Waals surface area contributed by atoms with E-state index in [0.717, 1.165) is 12.8 Å². The lowest BCUT2D eigenvalue weighted by molar-refractivity contribution is 0.113. The van der Waals surface area contributed by atoms with Crippen molar-refractivity contribution in [2.24, 2.45) is 0 Å². The van der Waals surface area contributed by atoms with Crippen molar-refractivity contribution in [1.82, 2.24) is 0 Å². The minimum atomic E-state index is -0.534. The molecular weight excluding hydrogens is 192 g/mol. The van der Waals surface area contributed by atoms with Gasteiger partial charge in [-0.15, -0.1) is 0 Å². The third-order valence-electron chi connectivity index (χ3n) is 2.12. The zero-order valence-corrected chi connectivity index (χ0v) is 7.86. The van der Waals surface area contributed by atoms with E-state index in [4.69, 9.17) is 0 Å². The van der Waals surface area contributed by atoms with Gasteiger partial charge in [0.1, 0.15) is 4.51 Å². The van der Waals surface area contributed by atoms with Crippen LogP contribution < -0.4 is 0 Å². The number of hydrogen-bond acceptors (Lipinski definition) is 1. The first-order valence-electron chi connectivity index (χ1n) is 4.12. The van der Waals surface area contributed by atoms with Gasteiger partial charge in [0.2, 0.25) is 0 Å². The molecule has 1 fully saturated rings. The Morgan fingerprint density at radius 2 is 1.30 bits per heavy atom. The van der Waals surface area contributed by atoms with Gasteiger partial charge in [-0.3, -0.25) is 0 Å². The highest BCUT2D eigenvalue weighted by Gasteiger charge is 2.22. The Morgan fingerprint density at radius 1 is 0.900 bits per heavy atom. The van der Waals surface area contributed by atoms with Crippen molar-refractivity contribution in [3.63, 3.8) is 0 Å². The van der Waals surface area contributed by atoms with Crippen LogP contribution in [0.15, 0.2) is 0 Å². The molecule has 60 valence electrons. The number of aliphatic hydroxyl groups is 1. The van der Waals surface area contributed by atoms with Crippen molar-refractivity contribution in [2.45, 2.75) is 49.5 Å². The van der Waals surface area contributed by atoms with Gasteiger partial charge >= 0.3 is 0 Å². The molecule has 1 nitrogen and oxygen atoms in total. The summed E-state index contributed by atoms with van der Waals surface area (Å²) >= 11 is 3.33. The summed E-state index contributed by atoms with van der Waals surface area (Å²) in [6, 6.07) is 0. The second-order valence-electron chi connectivity index (χ2n) is 3.19. The highest BCUT2D eigenvalue weighted by molar-refractivity contribution is 9.10. The summed E-state index contributed by atoms with van der Waals surface area (Å²) in [7, 11) is 0. The molecule has 2 heteroatoms. The summed E-state index contributed by atoms with van der Waals surface area (Å²) in [5.41, 5.74) is 0. The summed E-state index contributed by atoms with van der Waals surface area (Å²) in [6.45, 7) is 0. The van der Waals surface area contributed by atoms with Crippen molar-refractivity contribution in [1.29, 1.82) is 0 Å². The summed E-state index contributed by atoms with van der Waals surface area (Å²) in [4.78, 5) is 0. The van der Waals surface area contributed by atoms with Crippen molar-refractivity contribution >= 4 is 15.9 Å². The van der Waals surface area contributed by atoms with Gasteiger partial charge in [0.05, 0.1) is 0 Å². The molecular formula is C8H15BrO. The quantitative estimate of drug-likeness (QED) is 0.605. The molecule has 1 aliphatic carbocycles. The summed E-state index contributed by atoms with van der Waals surface area (Å²) in [5, 5.41) is 9.60. The Kier molecular flexibility index (Phi) is 3.18. The van der Waals surface area contributed by atoms with Gasteiger partial charge in [-0.1, -0.05) is 35.2 Å². The second kappa shape index (κ2) is 3.72. The zero-order chi connectivity index (χ0) is 7.45. The average molecular weight is 207 g/mol. The average Bonchev–Trinajstić information content (AvgIpc) is 1.81. The lowest BCUT2D eigenvalue weighted by Gasteiger charge is -2.23. The molecule has 0 saturated heterocycles. The van der Waals surface area contributed by atoms with Gasteiger partial charge in [-0.05, 0) is 25.7 Å². The summed E-state index contributed by atoms with van der Waals surface area (Å²) in [6.07, 6.45) is 8.11. The first-order valence-corrected chi connectivity index (χ1v) is 4.91. The fourth-order valence-corrected chi connectivity index (χ4v) is 2.01. The van der Waals surface area contributed by atoms with Crippen LogP contribution in [0.25, 0.3) is 0 Å². The highest BCUT2D eigenvalue weighted by Crippen LogP contribution is 2.30. The van der Waals surface area contributed by atoms with Crippen LogP contribution >= 0.6 is 15.9 Å². The maximum absolute atomic E-state index is 9.60. The van der Waals surface area contributed by atoms with E-state index in [2.05, 4.69) is 15.9 Å². The number of hydrogen-bond donors (Lipinski definition) is 1. The van der Waals surface area contributed by atoms with Gasteiger partial charge in [0.15, 0.2) is 0 Å². The fraction of sp³-hybridized carbons (Fsp3) is 1.00. The van der Waals surface area contributed by atoms with Crippen LogP contribution in [0.5, 0.6) is 0 Å². The van der Waals surface area contributed by atoms with Crippen molar-refractivity contribution in [3.05, 3.63) is 0 Å². The van der Waals surface area contributed by atoms with Crippen molar-refractivity contribution in [3.8, 4) is 0 Å². The standard InChI is InChI=1S/C8H15BrO/c9-8(10)6-4-2-1-3-5-7-8/h10H,1-7H2. The first kappa shape index (κ1) is 8.54. The van der Waals surface area contributed by atoms with Crippen LogP contribution in [0.4, 0.5) is 0 Å². The molecule has 1 N–H and O–H groups in total. The van der Waals surface area contributed by atoms with Gasteiger partial charge in [0.25, 0.3) is 0 Å². The SMILES string of the molecule is OC1(Br)CCCCCCC1. The molecule has 0 spiro atoms. The van der Waals surface area contributed by atoms with Crippen LogP contribution in [0, 0.1) is 0 Å². The minimum absolute atomic E-state index is 0.534. The van der Waals surface area contributed by atoms with E-state index in [-0.39, 0.29) is 0 Å². The maximum atomic E-state index is 9.60. The Balaban J connectivity index is 2.30. The van der Waals surface area contributed by atoms with Gasteiger partial charge in [0, 0.05) is 0 Å². The molecule has 0 bridgehead atoms. The number of alkyl halides is 1. The van der Waals surface area contributed by atoms with E-state index in [1.807, 2.05) is 0 Å². The summed E-state index contributed by atoms with van der Waals surface area (Å²) in [5.74, 6) is 0. The predicted molar refractivity (Wildman–Crippen MR) is 46.2 cm³/mol. The molecule has 0 amide bonds. The van der Waals surface area contributed by atoms with E-state index in [0.29, 0.717) is 0 Å². The van der Waals surface area contributed by atoms with Crippen molar-refractivity contribution in [2.75, 3.05) is 0 Å². The number of halogens is 1. The van der Waals surface area contributed by atoms with Crippen molar-refractivity contribution < 1.29 is 5.11 Å². The maximum Gasteiger partial charge on any atom is 0.119 e. The molecule has 10 heavy (non-hydrogen) atoms. The lowest BCUT2D eigenvalue weighted by Crippen LogP contribution is -2.20. The third kappa shape index (κ3) is 3.02. The largest absolute Gasteiger partial charge is 0.379 e. The Bertz CT molecular complexity index is 91.4. The molecule has 1 saturated carbocycles. The third-order valence-corrected chi connectivity index (χ3v) is 2.91. The topological polar surface area (TPSA) is 20.2 Å². The first-order chi connectivity index (χ1) is 4.71. The molecule has 0 aromatic carbocycles. The van der Waals surface area contributed by atoms with Gasteiger partial charge < -0.3 is 5.11 Å². The molecule has 0 aromatic heterocycles. The Labute approximate surface area is 70.9 Å². The molecule has 0 radical (unpaired) electrons. The van der Waals surface area contributed by atoms with Gasteiger partial charge in [-0.25, -0.2) is 0 Å². The predicted octanol–water partition coefficient (Wildman–Crippen LogP) is 2.81.